The van der Waals surface area contributed by atoms with Gasteiger partial charge in [0.25, 0.3) is 0 Å². The molecule has 2 nitrogen and oxygen atoms in total. The number of pyridine rings is 1. The molecule has 0 aliphatic carbocycles. The number of rotatable bonds is 1. The van der Waals surface area contributed by atoms with Crippen molar-refractivity contribution in [1.29, 1.82) is 0 Å². The molecule has 1 aromatic carbocycles. The quantitative estimate of drug-likeness (QED) is 0.726. The minimum atomic E-state index is 0.251. The van der Waals surface area contributed by atoms with E-state index < -0.39 is 0 Å². The zero-order valence-corrected chi connectivity index (χ0v) is 8.93. The van der Waals surface area contributed by atoms with Gasteiger partial charge in [0.05, 0.1) is 0 Å². The van der Waals surface area contributed by atoms with Crippen LogP contribution in [0, 0.1) is 6.92 Å². The summed E-state index contributed by atoms with van der Waals surface area (Å²) in [6.45, 7) is 1.94. The predicted molar refractivity (Wildman–Crippen MR) is 59.9 cm³/mol. The molecule has 0 amide bonds. The minimum absolute atomic E-state index is 0.251. The van der Waals surface area contributed by atoms with Gasteiger partial charge < -0.3 is 5.11 Å². The molecule has 2 rings (SSSR count). The lowest BCUT2D eigenvalue weighted by Crippen LogP contribution is -1.86. The Hall–Kier alpha value is -1.22. The molecule has 1 N–H and O–H groups in total. The van der Waals surface area contributed by atoms with Gasteiger partial charge in [0, 0.05) is 16.0 Å². The number of para-hydroxylation sites is 1. The van der Waals surface area contributed by atoms with Gasteiger partial charge in [-0.15, -0.1) is 11.8 Å². The van der Waals surface area contributed by atoms with Crippen LogP contribution in [-0.4, -0.2) is 16.3 Å². The molecule has 0 unspecified atom stereocenters. The van der Waals surface area contributed by atoms with Gasteiger partial charge >= 0.3 is 0 Å². The monoisotopic (exact) mass is 205 g/mol. The van der Waals surface area contributed by atoms with Crippen molar-refractivity contribution in [3.05, 3.63) is 30.0 Å². The Balaban J connectivity index is 2.87. The van der Waals surface area contributed by atoms with Crippen LogP contribution in [-0.2, 0) is 0 Å². The van der Waals surface area contributed by atoms with E-state index >= 15 is 0 Å². The summed E-state index contributed by atoms with van der Waals surface area (Å²) in [6, 6.07) is 7.52. The van der Waals surface area contributed by atoms with E-state index in [9.17, 15) is 5.11 Å². The highest BCUT2D eigenvalue weighted by Crippen LogP contribution is 2.30. The maximum absolute atomic E-state index is 9.64. The second-order valence-electron chi connectivity index (χ2n) is 3.14. The molecule has 0 radical (unpaired) electrons. The lowest BCUT2D eigenvalue weighted by Gasteiger charge is -2.05. The Bertz CT molecular complexity index is 482. The molecule has 0 spiro atoms. The van der Waals surface area contributed by atoms with Crippen molar-refractivity contribution in [1.82, 2.24) is 4.98 Å². The van der Waals surface area contributed by atoms with Crippen LogP contribution in [0.3, 0.4) is 0 Å². The Morgan fingerprint density at radius 3 is 2.86 bits per heavy atom. The highest BCUT2D eigenvalue weighted by molar-refractivity contribution is 7.98. The van der Waals surface area contributed by atoms with Gasteiger partial charge in [-0.25, -0.2) is 4.98 Å². The molecule has 0 atom stereocenters. The van der Waals surface area contributed by atoms with Crippen LogP contribution < -0.4 is 0 Å². The second-order valence-corrected chi connectivity index (χ2v) is 3.99. The fraction of sp³-hybridized carbons (Fsp3) is 0.182. The smallest absolute Gasteiger partial charge is 0.141 e. The van der Waals surface area contributed by atoms with Crippen molar-refractivity contribution in [3.8, 4) is 5.75 Å². The summed E-state index contributed by atoms with van der Waals surface area (Å²) < 4.78 is 0. The zero-order chi connectivity index (χ0) is 10.1. The third-order valence-corrected chi connectivity index (χ3v) is 2.91. The van der Waals surface area contributed by atoms with Crippen molar-refractivity contribution in [2.45, 2.75) is 11.8 Å². The first-order valence-corrected chi connectivity index (χ1v) is 5.58. The Labute approximate surface area is 87.0 Å². The van der Waals surface area contributed by atoms with E-state index in [4.69, 9.17) is 0 Å². The molecule has 0 aliphatic heterocycles. The molecule has 0 saturated carbocycles. The molecule has 0 fully saturated rings. The number of phenolic OH excluding ortho intramolecular Hbond substituents is 1. The molecular formula is C11H11NOS. The number of aromatic hydroxyl groups is 1. The molecule has 1 heterocycles. The van der Waals surface area contributed by atoms with Gasteiger partial charge in [0.15, 0.2) is 0 Å². The summed E-state index contributed by atoms with van der Waals surface area (Å²) in [4.78, 5) is 5.48. The van der Waals surface area contributed by atoms with E-state index in [0.29, 0.717) is 5.52 Å². The Morgan fingerprint density at radius 2 is 2.14 bits per heavy atom. The number of hydrogen-bond acceptors (Lipinski definition) is 3. The van der Waals surface area contributed by atoms with Crippen LogP contribution in [0.5, 0.6) is 5.75 Å². The maximum Gasteiger partial charge on any atom is 0.141 e. The van der Waals surface area contributed by atoms with Crippen LogP contribution in [0.15, 0.2) is 29.2 Å². The average molecular weight is 205 g/mol. The summed E-state index contributed by atoms with van der Waals surface area (Å²) in [5.41, 5.74) is 1.63. The molecule has 2 aromatic rings. The molecule has 14 heavy (non-hydrogen) atoms. The molecule has 0 aliphatic rings. The topological polar surface area (TPSA) is 33.1 Å². The largest absolute Gasteiger partial charge is 0.506 e. The van der Waals surface area contributed by atoms with E-state index in [0.717, 1.165) is 16.0 Å². The minimum Gasteiger partial charge on any atom is -0.506 e. The number of thioether (sulfide) groups is 1. The first-order chi connectivity index (χ1) is 6.72. The fourth-order valence-corrected chi connectivity index (χ4v) is 2.17. The third-order valence-electron chi connectivity index (χ3n) is 2.13. The van der Waals surface area contributed by atoms with E-state index in [1.54, 1.807) is 17.8 Å². The number of nitrogens with zero attached hydrogens (tertiary/aromatic N) is 1. The van der Waals surface area contributed by atoms with Crippen LogP contribution in [0.1, 0.15) is 5.69 Å². The van der Waals surface area contributed by atoms with E-state index in [1.165, 1.54) is 0 Å². The molecule has 1 aromatic heterocycles. The molecular weight excluding hydrogens is 194 g/mol. The van der Waals surface area contributed by atoms with Crippen molar-refractivity contribution in [2.24, 2.45) is 0 Å². The van der Waals surface area contributed by atoms with Crippen molar-refractivity contribution in [2.75, 3.05) is 6.26 Å². The summed E-state index contributed by atoms with van der Waals surface area (Å²) in [6.07, 6.45) is 2.03. The van der Waals surface area contributed by atoms with Crippen LogP contribution in [0.2, 0.25) is 0 Å². The number of hydrogen-bond donors (Lipinski definition) is 1. The SMILES string of the molecule is CSc1cc(C)nc2c(O)cccc12. The highest BCUT2D eigenvalue weighted by Gasteiger charge is 2.05. The fourth-order valence-electron chi connectivity index (χ4n) is 1.49. The number of fused-ring (bicyclic) bond motifs is 1. The van der Waals surface area contributed by atoms with Crippen molar-refractivity contribution in [3.63, 3.8) is 0 Å². The number of benzene rings is 1. The Kier molecular flexibility index (Phi) is 2.33. The standard InChI is InChI=1S/C11H11NOS/c1-7-6-10(14-2)8-4-3-5-9(13)11(8)12-7/h3-6,13H,1-2H3. The molecule has 0 saturated heterocycles. The van der Waals surface area contributed by atoms with Crippen molar-refractivity contribution < 1.29 is 5.11 Å². The number of phenols is 1. The number of aromatic nitrogens is 1. The normalized spacial score (nSPS) is 10.7. The van der Waals surface area contributed by atoms with E-state index in [1.807, 2.05) is 31.4 Å². The third kappa shape index (κ3) is 1.44. The predicted octanol–water partition coefficient (Wildman–Crippen LogP) is 2.97. The summed E-state index contributed by atoms with van der Waals surface area (Å²) in [7, 11) is 0. The van der Waals surface area contributed by atoms with Gasteiger partial charge in [-0.1, -0.05) is 12.1 Å². The highest BCUT2D eigenvalue weighted by atomic mass is 32.2. The maximum atomic E-state index is 9.64. The summed E-state index contributed by atoms with van der Waals surface area (Å²) >= 11 is 1.67. The zero-order valence-electron chi connectivity index (χ0n) is 8.11. The average Bonchev–Trinajstić information content (AvgIpc) is 2.18. The van der Waals surface area contributed by atoms with Crippen LogP contribution in [0.4, 0.5) is 0 Å². The summed E-state index contributed by atoms with van der Waals surface area (Å²) in [5.74, 6) is 0.251. The van der Waals surface area contributed by atoms with Gasteiger partial charge in [-0.05, 0) is 25.3 Å². The van der Waals surface area contributed by atoms with E-state index in [2.05, 4.69) is 4.98 Å². The van der Waals surface area contributed by atoms with Gasteiger partial charge in [0.2, 0.25) is 0 Å². The second kappa shape index (κ2) is 3.50. The lowest BCUT2D eigenvalue weighted by atomic mass is 10.2. The Morgan fingerprint density at radius 1 is 1.36 bits per heavy atom. The molecule has 0 bridgehead atoms. The first-order valence-electron chi connectivity index (χ1n) is 4.35. The van der Waals surface area contributed by atoms with Crippen LogP contribution in [0.25, 0.3) is 10.9 Å². The van der Waals surface area contributed by atoms with Gasteiger partial charge in [-0.3, -0.25) is 0 Å². The molecule has 3 heteroatoms. The summed E-state index contributed by atoms with van der Waals surface area (Å²) in [5, 5.41) is 10.7. The van der Waals surface area contributed by atoms with Crippen LogP contribution >= 0.6 is 11.8 Å². The number of aryl methyl sites for hydroxylation is 1. The molecule has 72 valence electrons. The van der Waals surface area contributed by atoms with Gasteiger partial charge in [-0.2, -0.15) is 0 Å². The first kappa shape index (κ1) is 9.34. The lowest BCUT2D eigenvalue weighted by molar-refractivity contribution is 0.480. The van der Waals surface area contributed by atoms with Crippen molar-refractivity contribution >= 4 is 22.7 Å². The van der Waals surface area contributed by atoms with E-state index in [-0.39, 0.29) is 5.75 Å². The van der Waals surface area contributed by atoms with Gasteiger partial charge in [0.1, 0.15) is 11.3 Å².